The first-order valence-electron chi connectivity index (χ1n) is 8.36. The fourth-order valence-electron chi connectivity index (χ4n) is 2.43. The van der Waals surface area contributed by atoms with E-state index in [9.17, 15) is 9.59 Å². The summed E-state index contributed by atoms with van der Waals surface area (Å²) in [4.78, 5) is 31.5. The second-order valence-electron chi connectivity index (χ2n) is 5.85. The molecule has 0 N–H and O–H groups in total. The molecule has 0 fully saturated rings. The zero-order valence-corrected chi connectivity index (χ0v) is 15.3. The molecule has 2 amide bonds. The van der Waals surface area contributed by atoms with E-state index in [-0.39, 0.29) is 19.1 Å². The number of amides is 2. The molecule has 6 nitrogen and oxygen atoms in total. The zero-order chi connectivity index (χ0) is 18.9. The molecule has 0 saturated heterocycles. The molecular weight excluding hydrogens is 332 g/mol. The minimum absolute atomic E-state index is 0.145. The molecule has 0 unspecified atom stereocenters. The van der Waals surface area contributed by atoms with Crippen molar-refractivity contribution in [2.75, 3.05) is 14.2 Å². The second-order valence-corrected chi connectivity index (χ2v) is 5.85. The number of benzene rings is 2. The fourth-order valence-corrected chi connectivity index (χ4v) is 2.43. The van der Waals surface area contributed by atoms with Gasteiger partial charge in [0.15, 0.2) is 0 Å². The van der Waals surface area contributed by atoms with Gasteiger partial charge < -0.3 is 4.74 Å². The maximum absolute atomic E-state index is 12.7. The molecule has 1 atom stereocenters. The highest BCUT2D eigenvalue weighted by molar-refractivity contribution is 5.84. The van der Waals surface area contributed by atoms with Crippen LogP contribution in [0.15, 0.2) is 60.7 Å². The first-order valence-corrected chi connectivity index (χ1v) is 8.36. The largest absolute Gasteiger partial charge is 0.445 e. The monoisotopic (exact) mass is 356 g/mol. The van der Waals surface area contributed by atoms with E-state index < -0.39 is 12.1 Å². The van der Waals surface area contributed by atoms with Gasteiger partial charge in [0.25, 0.3) is 5.91 Å². The molecule has 26 heavy (non-hydrogen) atoms. The lowest BCUT2D eigenvalue weighted by molar-refractivity contribution is -0.173. The van der Waals surface area contributed by atoms with E-state index in [0.717, 1.165) is 16.2 Å². The zero-order valence-electron chi connectivity index (χ0n) is 15.3. The Hall–Kier alpha value is -2.86. The van der Waals surface area contributed by atoms with Crippen molar-refractivity contribution in [3.05, 3.63) is 71.8 Å². The van der Waals surface area contributed by atoms with Crippen molar-refractivity contribution >= 4 is 12.0 Å². The molecule has 0 aliphatic rings. The summed E-state index contributed by atoms with van der Waals surface area (Å²) in [6, 6.07) is 18.1. The van der Waals surface area contributed by atoms with E-state index >= 15 is 0 Å². The molecular formula is C20H24N2O4. The predicted molar refractivity (Wildman–Crippen MR) is 97.9 cm³/mol. The summed E-state index contributed by atoms with van der Waals surface area (Å²) < 4.78 is 5.42. The first-order chi connectivity index (χ1) is 12.5. The number of rotatable bonds is 7. The van der Waals surface area contributed by atoms with Crippen LogP contribution in [0.25, 0.3) is 0 Å². The molecule has 0 spiro atoms. The molecule has 0 heterocycles. The summed E-state index contributed by atoms with van der Waals surface area (Å²) in [6.45, 7) is 2.06. The van der Waals surface area contributed by atoms with Gasteiger partial charge in [-0.2, -0.15) is 0 Å². The molecule has 0 radical (unpaired) electrons. The second kappa shape index (κ2) is 9.58. The van der Waals surface area contributed by atoms with Gasteiger partial charge in [-0.05, 0) is 18.1 Å². The smallest absolute Gasteiger partial charge is 0.411 e. The molecule has 6 heteroatoms. The van der Waals surface area contributed by atoms with Gasteiger partial charge in [0.1, 0.15) is 12.6 Å². The number of ether oxygens (including phenoxy) is 1. The Morgan fingerprint density at radius 2 is 1.50 bits per heavy atom. The van der Waals surface area contributed by atoms with Crippen LogP contribution in [-0.4, -0.2) is 42.2 Å². The van der Waals surface area contributed by atoms with Crippen LogP contribution in [0.3, 0.4) is 0 Å². The summed E-state index contributed by atoms with van der Waals surface area (Å²) in [7, 11) is 2.91. The Morgan fingerprint density at radius 3 is 2.04 bits per heavy atom. The maximum atomic E-state index is 12.7. The number of carbonyl (C=O) groups excluding carboxylic acids is 2. The van der Waals surface area contributed by atoms with Crippen molar-refractivity contribution < 1.29 is 19.2 Å². The highest BCUT2D eigenvalue weighted by Crippen LogP contribution is 2.13. The van der Waals surface area contributed by atoms with E-state index in [1.165, 1.54) is 19.1 Å². The molecule has 0 aliphatic heterocycles. The number of hydrogen-bond donors (Lipinski definition) is 0. The Labute approximate surface area is 153 Å². The summed E-state index contributed by atoms with van der Waals surface area (Å²) in [6.07, 6.45) is -0.553. The number of hydroxylamine groups is 2. The molecule has 0 saturated carbocycles. The van der Waals surface area contributed by atoms with Crippen molar-refractivity contribution in [1.82, 2.24) is 9.96 Å². The van der Waals surface area contributed by atoms with Crippen LogP contribution in [0, 0.1) is 0 Å². The lowest BCUT2D eigenvalue weighted by Gasteiger charge is -2.29. The SMILES string of the molecule is CON(C)C(=O)[C@H](C)N(Cc1ccccc1)C(=O)OCc1ccccc1. The van der Waals surface area contributed by atoms with Gasteiger partial charge in [0.05, 0.1) is 7.11 Å². The Bertz CT molecular complexity index is 706. The van der Waals surface area contributed by atoms with Crippen LogP contribution in [0.1, 0.15) is 18.1 Å². The third-order valence-corrected chi connectivity index (χ3v) is 4.04. The summed E-state index contributed by atoms with van der Waals surface area (Å²) in [5.74, 6) is -0.333. The third kappa shape index (κ3) is 5.32. The lowest BCUT2D eigenvalue weighted by atomic mass is 10.2. The number of carbonyl (C=O) groups is 2. The van der Waals surface area contributed by atoms with Crippen LogP contribution in [0.2, 0.25) is 0 Å². The van der Waals surface area contributed by atoms with Crippen LogP contribution < -0.4 is 0 Å². The van der Waals surface area contributed by atoms with Crippen molar-refractivity contribution in [1.29, 1.82) is 0 Å². The van der Waals surface area contributed by atoms with Crippen molar-refractivity contribution in [3.8, 4) is 0 Å². The summed E-state index contributed by atoms with van der Waals surface area (Å²) in [5.41, 5.74) is 1.79. The topological polar surface area (TPSA) is 59.1 Å². The van der Waals surface area contributed by atoms with E-state index in [1.54, 1.807) is 6.92 Å². The van der Waals surface area contributed by atoms with Crippen LogP contribution in [-0.2, 0) is 27.5 Å². The van der Waals surface area contributed by atoms with Crippen molar-refractivity contribution in [3.63, 3.8) is 0 Å². The number of nitrogens with zero attached hydrogens (tertiary/aromatic N) is 2. The average molecular weight is 356 g/mol. The Kier molecular flexibility index (Phi) is 7.17. The molecule has 138 valence electrons. The number of hydrogen-bond acceptors (Lipinski definition) is 4. The van der Waals surface area contributed by atoms with Gasteiger partial charge in [-0.25, -0.2) is 9.86 Å². The van der Waals surface area contributed by atoms with Crippen molar-refractivity contribution in [2.45, 2.75) is 26.1 Å². The Morgan fingerprint density at radius 1 is 0.962 bits per heavy atom. The fraction of sp³-hybridized carbons (Fsp3) is 0.300. The first kappa shape index (κ1) is 19.5. The van der Waals surface area contributed by atoms with Crippen LogP contribution in [0.4, 0.5) is 4.79 Å². The average Bonchev–Trinajstić information content (AvgIpc) is 2.70. The van der Waals surface area contributed by atoms with Crippen LogP contribution in [0.5, 0.6) is 0 Å². The predicted octanol–water partition coefficient (Wildman–Crippen LogP) is 3.23. The lowest BCUT2D eigenvalue weighted by Crippen LogP contribution is -2.48. The van der Waals surface area contributed by atoms with E-state index in [0.29, 0.717) is 0 Å². The van der Waals surface area contributed by atoms with Crippen molar-refractivity contribution in [2.24, 2.45) is 0 Å². The molecule has 2 aromatic carbocycles. The molecule has 2 aromatic rings. The quantitative estimate of drug-likeness (QED) is 0.715. The molecule has 0 aromatic heterocycles. The third-order valence-electron chi connectivity index (χ3n) is 4.04. The normalized spacial score (nSPS) is 11.5. The van der Waals surface area contributed by atoms with Gasteiger partial charge in [-0.3, -0.25) is 14.5 Å². The minimum atomic E-state index is -0.733. The molecule has 0 bridgehead atoms. The maximum Gasteiger partial charge on any atom is 0.411 e. The molecule has 2 rings (SSSR count). The highest BCUT2D eigenvalue weighted by Gasteiger charge is 2.29. The van der Waals surface area contributed by atoms with E-state index in [4.69, 9.17) is 9.57 Å². The Balaban J connectivity index is 2.13. The van der Waals surface area contributed by atoms with E-state index in [1.807, 2.05) is 60.7 Å². The number of likely N-dealkylation sites (N-methyl/N-ethyl adjacent to an activating group) is 1. The molecule has 0 aliphatic carbocycles. The van der Waals surface area contributed by atoms with Gasteiger partial charge in [-0.15, -0.1) is 0 Å². The standard InChI is InChI=1S/C20H24N2O4/c1-16(19(23)21(2)25-3)22(14-17-10-6-4-7-11-17)20(24)26-15-18-12-8-5-9-13-18/h4-13,16H,14-15H2,1-3H3/t16-/m0/s1. The van der Waals surface area contributed by atoms with Gasteiger partial charge in [0, 0.05) is 13.6 Å². The van der Waals surface area contributed by atoms with Gasteiger partial charge >= 0.3 is 6.09 Å². The van der Waals surface area contributed by atoms with E-state index in [2.05, 4.69) is 0 Å². The van der Waals surface area contributed by atoms with Gasteiger partial charge in [-0.1, -0.05) is 60.7 Å². The highest BCUT2D eigenvalue weighted by atomic mass is 16.7. The summed E-state index contributed by atoms with van der Waals surface area (Å²) >= 11 is 0. The van der Waals surface area contributed by atoms with Crippen LogP contribution >= 0.6 is 0 Å². The summed E-state index contributed by atoms with van der Waals surface area (Å²) in [5, 5.41) is 1.10. The van der Waals surface area contributed by atoms with Gasteiger partial charge in [0.2, 0.25) is 0 Å². The minimum Gasteiger partial charge on any atom is -0.445 e.